The Morgan fingerprint density at radius 1 is 1.27 bits per heavy atom. The van der Waals surface area contributed by atoms with E-state index in [1.165, 1.54) is 6.20 Å². The van der Waals surface area contributed by atoms with Gasteiger partial charge in [-0.2, -0.15) is 0 Å². The van der Waals surface area contributed by atoms with Gasteiger partial charge in [0.05, 0.1) is 0 Å². The minimum absolute atomic E-state index is 0.423. The molecule has 0 saturated carbocycles. The van der Waals surface area contributed by atoms with Crippen molar-refractivity contribution in [3.05, 3.63) is 66.4 Å². The summed E-state index contributed by atoms with van der Waals surface area (Å²) < 4.78 is 0. The number of benzene rings is 1. The molecule has 0 aliphatic heterocycles. The van der Waals surface area contributed by atoms with Crippen LogP contribution in [0.2, 0.25) is 0 Å². The largest absolute Gasteiger partial charge is 0.405 e. The van der Waals surface area contributed by atoms with E-state index in [2.05, 4.69) is 6.58 Å². The quantitative estimate of drug-likeness (QED) is 0.459. The lowest BCUT2D eigenvalue weighted by atomic mass is 10.0. The number of aldehydes is 1. The molecule has 15 heavy (non-hydrogen) atoms. The van der Waals surface area contributed by atoms with E-state index < -0.39 is 0 Å². The average molecular weight is 199 g/mol. The number of allylic oxidation sites excluding steroid dienone is 4. The van der Waals surface area contributed by atoms with Crippen LogP contribution >= 0.6 is 0 Å². The monoisotopic (exact) mass is 199 g/mol. The normalized spacial score (nSPS) is 11.6. The zero-order valence-electron chi connectivity index (χ0n) is 8.39. The van der Waals surface area contributed by atoms with Crippen LogP contribution in [0.15, 0.2) is 60.8 Å². The second-order valence-corrected chi connectivity index (χ2v) is 3.02. The molecule has 76 valence electrons. The van der Waals surface area contributed by atoms with E-state index >= 15 is 0 Å². The van der Waals surface area contributed by atoms with Crippen LogP contribution in [0.4, 0.5) is 0 Å². The van der Waals surface area contributed by atoms with Gasteiger partial charge in [0, 0.05) is 5.57 Å². The van der Waals surface area contributed by atoms with Crippen LogP contribution in [0.5, 0.6) is 0 Å². The minimum atomic E-state index is 0.423. The van der Waals surface area contributed by atoms with Crippen LogP contribution in [0.1, 0.15) is 5.56 Å². The van der Waals surface area contributed by atoms with Crippen LogP contribution in [-0.4, -0.2) is 6.29 Å². The number of rotatable bonds is 4. The third kappa shape index (κ3) is 3.27. The second kappa shape index (κ2) is 5.60. The fraction of sp³-hybridized carbons (Fsp3) is 0. The number of hydrogen-bond acceptors (Lipinski definition) is 2. The van der Waals surface area contributed by atoms with Crippen molar-refractivity contribution in [2.24, 2.45) is 5.73 Å². The van der Waals surface area contributed by atoms with Crippen molar-refractivity contribution in [2.45, 2.75) is 0 Å². The van der Waals surface area contributed by atoms with Crippen molar-refractivity contribution in [2.75, 3.05) is 0 Å². The molecule has 0 aliphatic carbocycles. The fourth-order valence-electron chi connectivity index (χ4n) is 1.20. The van der Waals surface area contributed by atoms with E-state index in [1.54, 1.807) is 12.2 Å². The summed E-state index contributed by atoms with van der Waals surface area (Å²) in [6.45, 7) is 3.60. The summed E-state index contributed by atoms with van der Waals surface area (Å²) in [5.41, 5.74) is 7.64. The zero-order valence-corrected chi connectivity index (χ0v) is 8.39. The van der Waals surface area contributed by atoms with E-state index in [9.17, 15) is 4.79 Å². The Morgan fingerprint density at radius 2 is 1.93 bits per heavy atom. The van der Waals surface area contributed by atoms with Crippen molar-refractivity contribution >= 4 is 11.9 Å². The summed E-state index contributed by atoms with van der Waals surface area (Å²) in [5.74, 6) is 0. The highest BCUT2D eigenvalue weighted by Gasteiger charge is 1.97. The van der Waals surface area contributed by atoms with Gasteiger partial charge in [0.1, 0.15) is 6.29 Å². The van der Waals surface area contributed by atoms with Crippen LogP contribution in [0.3, 0.4) is 0 Å². The first-order valence-corrected chi connectivity index (χ1v) is 4.57. The van der Waals surface area contributed by atoms with E-state index in [0.29, 0.717) is 11.9 Å². The van der Waals surface area contributed by atoms with Crippen LogP contribution in [0.25, 0.3) is 5.57 Å². The average Bonchev–Trinajstić information content (AvgIpc) is 2.29. The van der Waals surface area contributed by atoms with Crippen LogP contribution in [0, 0.1) is 0 Å². The Hall–Kier alpha value is -2.09. The summed E-state index contributed by atoms with van der Waals surface area (Å²) in [5, 5.41) is 0. The molecule has 0 bridgehead atoms. The third-order valence-electron chi connectivity index (χ3n) is 1.88. The SMILES string of the molecule is C=C(C=O)/C=C(\C=C/N)c1ccccc1. The first-order chi connectivity index (χ1) is 7.27. The first kappa shape index (κ1) is 11.0. The van der Waals surface area contributed by atoms with Crippen molar-refractivity contribution in [1.29, 1.82) is 0 Å². The summed E-state index contributed by atoms with van der Waals surface area (Å²) in [7, 11) is 0. The Balaban J connectivity index is 3.09. The van der Waals surface area contributed by atoms with Gasteiger partial charge in [-0.05, 0) is 29.5 Å². The topological polar surface area (TPSA) is 43.1 Å². The molecule has 0 saturated heterocycles. The Morgan fingerprint density at radius 3 is 2.47 bits per heavy atom. The molecule has 0 fully saturated rings. The van der Waals surface area contributed by atoms with Gasteiger partial charge < -0.3 is 5.73 Å². The molecular weight excluding hydrogens is 186 g/mol. The zero-order chi connectivity index (χ0) is 11.1. The van der Waals surface area contributed by atoms with Crippen LogP contribution in [-0.2, 0) is 4.79 Å². The number of hydrogen-bond donors (Lipinski definition) is 1. The van der Waals surface area contributed by atoms with Crippen LogP contribution < -0.4 is 5.73 Å². The van der Waals surface area contributed by atoms with Gasteiger partial charge in [0.2, 0.25) is 0 Å². The smallest absolute Gasteiger partial charge is 0.149 e. The molecule has 0 atom stereocenters. The standard InChI is InChI=1S/C13H13NO/c1-11(10-15)9-13(7-8-14)12-5-3-2-4-6-12/h2-10H,1,14H2/b8-7-,13-9+. The summed E-state index contributed by atoms with van der Waals surface area (Å²) in [4.78, 5) is 10.5. The maximum atomic E-state index is 10.5. The van der Waals surface area contributed by atoms with Crippen molar-refractivity contribution in [1.82, 2.24) is 0 Å². The van der Waals surface area contributed by atoms with E-state index in [-0.39, 0.29) is 0 Å². The van der Waals surface area contributed by atoms with Crippen molar-refractivity contribution in [3.63, 3.8) is 0 Å². The maximum Gasteiger partial charge on any atom is 0.149 e. The molecule has 1 aromatic carbocycles. The third-order valence-corrected chi connectivity index (χ3v) is 1.88. The van der Waals surface area contributed by atoms with Gasteiger partial charge in [-0.1, -0.05) is 36.9 Å². The Bertz CT molecular complexity index is 402. The van der Waals surface area contributed by atoms with Crippen molar-refractivity contribution in [3.8, 4) is 0 Å². The number of nitrogens with two attached hydrogens (primary N) is 1. The molecule has 0 aromatic heterocycles. The highest BCUT2D eigenvalue weighted by atomic mass is 16.1. The molecule has 0 aliphatic rings. The number of carbonyl (C=O) groups excluding carboxylic acids is 1. The van der Waals surface area contributed by atoms with Gasteiger partial charge in [0.15, 0.2) is 0 Å². The predicted octanol–water partition coefficient (Wildman–Crippen LogP) is 2.30. The lowest BCUT2D eigenvalue weighted by Gasteiger charge is -2.01. The minimum Gasteiger partial charge on any atom is -0.405 e. The first-order valence-electron chi connectivity index (χ1n) is 4.57. The molecule has 0 heterocycles. The molecule has 0 amide bonds. The van der Waals surface area contributed by atoms with Gasteiger partial charge in [-0.25, -0.2) is 0 Å². The summed E-state index contributed by atoms with van der Waals surface area (Å²) in [6.07, 6.45) is 5.60. The van der Waals surface area contributed by atoms with Crippen molar-refractivity contribution < 1.29 is 4.79 Å². The number of carbonyl (C=O) groups is 1. The lowest BCUT2D eigenvalue weighted by Crippen LogP contribution is -1.85. The van der Waals surface area contributed by atoms with Gasteiger partial charge in [0.25, 0.3) is 0 Å². The summed E-state index contributed by atoms with van der Waals surface area (Å²) >= 11 is 0. The molecule has 0 unspecified atom stereocenters. The van der Waals surface area contributed by atoms with Gasteiger partial charge in [-0.15, -0.1) is 0 Å². The predicted molar refractivity (Wildman–Crippen MR) is 63.0 cm³/mol. The molecule has 0 radical (unpaired) electrons. The van der Waals surface area contributed by atoms with E-state index in [4.69, 9.17) is 5.73 Å². The highest BCUT2D eigenvalue weighted by molar-refractivity contribution is 5.85. The maximum absolute atomic E-state index is 10.5. The second-order valence-electron chi connectivity index (χ2n) is 3.02. The molecule has 1 rings (SSSR count). The fourth-order valence-corrected chi connectivity index (χ4v) is 1.20. The van der Waals surface area contributed by atoms with E-state index in [1.807, 2.05) is 30.3 Å². The molecule has 1 aromatic rings. The highest BCUT2D eigenvalue weighted by Crippen LogP contribution is 2.16. The molecule has 2 heteroatoms. The Kier molecular flexibility index (Phi) is 4.10. The molecule has 2 nitrogen and oxygen atoms in total. The van der Waals surface area contributed by atoms with Gasteiger partial charge in [-0.3, -0.25) is 4.79 Å². The molecular formula is C13H13NO. The molecule has 2 N–H and O–H groups in total. The summed E-state index contributed by atoms with van der Waals surface area (Å²) in [6, 6.07) is 9.68. The lowest BCUT2D eigenvalue weighted by molar-refractivity contribution is -0.104. The van der Waals surface area contributed by atoms with E-state index in [0.717, 1.165) is 11.1 Å². The van der Waals surface area contributed by atoms with Gasteiger partial charge >= 0.3 is 0 Å². The molecule has 0 spiro atoms. The Labute approximate surface area is 89.4 Å².